The molecule has 1 rings (SSSR count). The van der Waals surface area contributed by atoms with Crippen LogP contribution in [0.2, 0.25) is 0 Å². The van der Waals surface area contributed by atoms with Crippen molar-refractivity contribution in [2.75, 3.05) is 32.8 Å². The normalized spacial score (nSPS) is 22.6. The summed E-state index contributed by atoms with van der Waals surface area (Å²) in [6, 6.07) is 0. The molecule has 0 amide bonds. The molecule has 3 nitrogen and oxygen atoms in total. The molecule has 0 spiro atoms. The standard InChI is InChI=1S/C12H26N2O/c1-4-14(10-12(2,3)9-13)8-11-6-5-7-15-11/h11H,4-10,13H2,1-3H3. The zero-order valence-electron chi connectivity index (χ0n) is 10.5. The summed E-state index contributed by atoms with van der Waals surface area (Å²) < 4.78 is 5.66. The lowest BCUT2D eigenvalue weighted by Crippen LogP contribution is -2.41. The van der Waals surface area contributed by atoms with E-state index < -0.39 is 0 Å². The molecule has 15 heavy (non-hydrogen) atoms. The van der Waals surface area contributed by atoms with E-state index in [-0.39, 0.29) is 5.41 Å². The number of nitrogens with zero attached hydrogens (tertiary/aromatic N) is 1. The van der Waals surface area contributed by atoms with Crippen molar-refractivity contribution in [1.29, 1.82) is 0 Å². The van der Waals surface area contributed by atoms with Gasteiger partial charge in [0.1, 0.15) is 0 Å². The van der Waals surface area contributed by atoms with Crippen LogP contribution in [0.15, 0.2) is 0 Å². The predicted octanol–water partition coefficient (Wildman–Crippen LogP) is 1.47. The first kappa shape index (κ1) is 12.9. The van der Waals surface area contributed by atoms with Crippen molar-refractivity contribution in [3.63, 3.8) is 0 Å². The van der Waals surface area contributed by atoms with Gasteiger partial charge >= 0.3 is 0 Å². The van der Waals surface area contributed by atoms with Gasteiger partial charge < -0.3 is 15.4 Å². The maximum atomic E-state index is 5.76. The van der Waals surface area contributed by atoms with Crippen LogP contribution in [0.4, 0.5) is 0 Å². The number of nitrogens with two attached hydrogens (primary N) is 1. The predicted molar refractivity (Wildman–Crippen MR) is 63.9 cm³/mol. The van der Waals surface area contributed by atoms with Crippen LogP contribution in [0.25, 0.3) is 0 Å². The van der Waals surface area contributed by atoms with Crippen molar-refractivity contribution in [2.45, 2.75) is 39.7 Å². The lowest BCUT2D eigenvalue weighted by atomic mass is 9.93. The van der Waals surface area contributed by atoms with Crippen LogP contribution in [-0.4, -0.2) is 43.8 Å². The van der Waals surface area contributed by atoms with Crippen LogP contribution >= 0.6 is 0 Å². The highest BCUT2D eigenvalue weighted by atomic mass is 16.5. The zero-order chi connectivity index (χ0) is 11.3. The van der Waals surface area contributed by atoms with E-state index in [9.17, 15) is 0 Å². The van der Waals surface area contributed by atoms with E-state index in [2.05, 4.69) is 25.7 Å². The van der Waals surface area contributed by atoms with Gasteiger partial charge in [-0.2, -0.15) is 0 Å². The second-order valence-electron chi connectivity index (χ2n) is 5.33. The number of rotatable bonds is 6. The molecule has 1 fully saturated rings. The minimum absolute atomic E-state index is 0.217. The highest BCUT2D eigenvalue weighted by Crippen LogP contribution is 2.18. The lowest BCUT2D eigenvalue weighted by molar-refractivity contribution is 0.0623. The fourth-order valence-corrected chi connectivity index (χ4v) is 2.05. The van der Waals surface area contributed by atoms with Gasteiger partial charge in [-0.1, -0.05) is 20.8 Å². The van der Waals surface area contributed by atoms with E-state index in [1.165, 1.54) is 12.8 Å². The molecule has 90 valence electrons. The Morgan fingerprint density at radius 1 is 1.47 bits per heavy atom. The van der Waals surface area contributed by atoms with Crippen LogP contribution in [0.1, 0.15) is 33.6 Å². The fourth-order valence-electron chi connectivity index (χ4n) is 2.05. The first-order valence-corrected chi connectivity index (χ1v) is 6.11. The Morgan fingerprint density at radius 3 is 2.67 bits per heavy atom. The molecule has 1 saturated heterocycles. The summed E-state index contributed by atoms with van der Waals surface area (Å²) in [6.45, 7) is 11.6. The van der Waals surface area contributed by atoms with E-state index >= 15 is 0 Å². The monoisotopic (exact) mass is 214 g/mol. The van der Waals surface area contributed by atoms with Crippen LogP contribution < -0.4 is 5.73 Å². The summed E-state index contributed by atoms with van der Waals surface area (Å²) >= 11 is 0. The Kier molecular flexibility index (Phi) is 5.03. The Bertz CT molecular complexity index is 176. The third-order valence-corrected chi connectivity index (χ3v) is 3.14. The Labute approximate surface area is 94.0 Å². The Balaban J connectivity index is 2.34. The molecular weight excluding hydrogens is 188 g/mol. The summed E-state index contributed by atoms with van der Waals surface area (Å²) in [7, 11) is 0. The maximum Gasteiger partial charge on any atom is 0.0702 e. The topological polar surface area (TPSA) is 38.5 Å². The van der Waals surface area contributed by atoms with Crippen LogP contribution in [0.5, 0.6) is 0 Å². The number of likely N-dealkylation sites (N-methyl/N-ethyl adjacent to an activating group) is 1. The minimum atomic E-state index is 0.217. The summed E-state index contributed by atoms with van der Waals surface area (Å²) in [5.74, 6) is 0. The van der Waals surface area contributed by atoms with Crippen LogP contribution in [-0.2, 0) is 4.74 Å². The van der Waals surface area contributed by atoms with Gasteiger partial charge in [-0.05, 0) is 31.3 Å². The van der Waals surface area contributed by atoms with Crippen molar-refractivity contribution in [1.82, 2.24) is 4.90 Å². The second-order valence-corrected chi connectivity index (χ2v) is 5.33. The van der Waals surface area contributed by atoms with Crippen molar-refractivity contribution in [3.8, 4) is 0 Å². The lowest BCUT2D eigenvalue weighted by Gasteiger charge is -2.32. The largest absolute Gasteiger partial charge is 0.377 e. The van der Waals surface area contributed by atoms with Gasteiger partial charge in [0.25, 0.3) is 0 Å². The molecule has 1 aliphatic rings. The zero-order valence-corrected chi connectivity index (χ0v) is 10.5. The van der Waals surface area contributed by atoms with Gasteiger partial charge in [-0.15, -0.1) is 0 Å². The molecule has 1 atom stereocenters. The van der Waals surface area contributed by atoms with E-state index in [1.54, 1.807) is 0 Å². The van der Waals surface area contributed by atoms with Crippen molar-refractivity contribution < 1.29 is 4.74 Å². The number of ether oxygens (including phenoxy) is 1. The maximum absolute atomic E-state index is 5.76. The van der Waals surface area contributed by atoms with Gasteiger partial charge in [0.15, 0.2) is 0 Å². The van der Waals surface area contributed by atoms with Gasteiger partial charge in [0, 0.05) is 19.7 Å². The first-order valence-electron chi connectivity index (χ1n) is 6.11. The third-order valence-electron chi connectivity index (χ3n) is 3.14. The summed E-state index contributed by atoms with van der Waals surface area (Å²) in [6.07, 6.45) is 2.90. The van der Waals surface area contributed by atoms with Crippen molar-refractivity contribution >= 4 is 0 Å². The van der Waals surface area contributed by atoms with E-state index in [0.29, 0.717) is 6.10 Å². The van der Waals surface area contributed by atoms with E-state index in [1.807, 2.05) is 0 Å². The summed E-state index contributed by atoms with van der Waals surface area (Å²) in [5, 5.41) is 0. The van der Waals surface area contributed by atoms with Crippen LogP contribution in [0.3, 0.4) is 0 Å². The van der Waals surface area contributed by atoms with E-state index in [4.69, 9.17) is 10.5 Å². The van der Waals surface area contributed by atoms with Gasteiger partial charge in [-0.25, -0.2) is 0 Å². The van der Waals surface area contributed by atoms with E-state index in [0.717, 1.165) is 32.8 Å². The minimum Gasteiger partial charge on any atom is -0.377 e. The molecule has 1 heterocycles. The fraction of sp³-hybridized carbons (Fsp3) is 1.00. The summed E-state index contributed by atoms with van der Waals surface area (Å²) in [5.41, 5.74) is 5.98. The molecule has 3 heteroatoms. The van der Waals surface area contributed by atoms with Gasteiger partial charge in [0.2, 0.25) is 0 Å². The Hall–Kier alpha value is -0.120. The molecule has 0 bridgehead atoms. The molecule has 0 aliphatic carbocycles. The van der Waals surface area contributed by atoms with Gasteiger partial charge in [-0.3, -0.25) is 0 Å². The molecule has 0 radical (unpaired) electrons. The number of hydrogen-bond donors (Lipinski definition) is 1. The molecule has 0 saturated carbocycles. The molecule has 1 aliphatic heterocycles. The second kappa shape index (κ2) is 5.83. The molecule has 0 aromatic carbocycles. The average molecular weight is 214 g/mol. The SMILES string of the molecule is CCN(CC1CCCO1)CC(C)(C)CN. The smallest absolute Gasteiger partial charge is 0.0702 e. The van der Waals surface area contributed by atoms with Crippen molar-refractivity contribution in [2.24, 2.45) is 11.1 Å². The number of hydrogen-bond acceptors (Lipinski definition) is 3. The molecule has 0 aromatic heterocycles. The molecular formula is C12H26N2O. The van der Waals surface area contributed by atoms with Gasteiger partial charge in [0.05, 0.1) is 6.10 Å². The molecule has 0 aromatic rings. The van der Waals surface area contributed by atoms with Crippen molar-refractivity contribution in [3.05, 3.63) is 0 Å². The third kappa shape index (κ3) is 4.49. The van der Waals surface area contributed by atoms with Crippen LogP contribution in [0, 0.1) is 5.41 Å². The molecule has 1 unspecified atom stereocenters. The highest BCUT2D eigenvalue weighted by molar-refractivity contribution is 4.77. The highest BCUT2D eigenvalue weighted by Gasteiger charge is 2.23. The quantitative estimate of drug-likeness (QED) is 0.728. The first-order chi connectivity index (χ1) is 7.07. The average Bonchev–Trinajstić information content (AvgIpc) is 2.69. The molecule has 2 N–H and O–H groups in total. The summed E-state index contributed by atoms with van der Waals surface area (Å²) in [4.78, 5) is 2.46. The Morgan fingerprint density at radius 2 is 2.20 bits per heavy atom.